The first-order valence-corrected chi connectivity index (χ1v) is 10.6. The molecule has 6 atom stereocenters. The van der Waals surface area contributed by atoms with Crippen molar-refractivity contribution in [2.24, 2.45) is 0 Å². The Balaban J connectivity index is 0.00000385. The van der Waals surface area contributed by atoms with Crippen molar-refractivity contribution in [1.29, 1.82) is 0 Å². The van der Waals surface area contributed by atoms with Crippen molar-refractivity contribution in [3.05, 3.63) is 27.8 Å². The number of amides is 1. The fourth-order valence-electron chi connectivity index (χ4n) is 3.61. The van der Waals surface area contributed by atoms with E-state index in [4.69, 9.17) is 21.1 Å². The number of ether oxygens (including phenoxy) is 2. The summed E-state index contributed by atoms with van der Waals surface area (Å²) in [6.45, 7) is 0.247. The molecule has 1 saturated heterocycles. The third-order valence-corrected chi connectivity index (χ3v) is 6.43. The molecule has 4 unspecified atom stereocenters. The zero-order valence-corrected chi connectivity index (χ0v) is 22.0. The first-order valence-electron chi connectivity index (χ1n) is 9.46. The number of carbonyl (C=O) groups excluding carboxylic acids is 2. The van der Waals surface area contributed by atoms with Crippen molar-refractivity contribution < 1.29 is 74.2 Å². The molecule has 1 fully saturated rings. The number of carbonyl (C=O) groups is 2. The van der Waals surface area contributed by atoms with Crippen molar-refractivity contribution in [1.82, 2.24) is 10.3 Å². The molecular formula is C19H21BrClN2NaO9. The summed E-state index contributed by atoms with van der Waals surface area (Å²) < 4.78 is 11.7. The summed E-state index contributed by atoms with van der Waals surface area (Å²) >= 11 is 9.58. The Morgan fingerprint density at radius 2 is 2.12 bits per heavy atom. The van der Waals surface area contributed by atoms with E-state index in [1.807, 2.05) is 0 Å². The Morgan fingerprint density at radius 3 is 2.70 bits per heavy atom. The summed E-state index contributed by atoms with van der Waals surface area (Å²) in [5.41, 5.74) is 0.515. The van der Waals surface area contributed by atoms with Gasteiger partial charge in [0.1, 0.15) is 30.0 Å². The quantitative estimate of drug-likeness (QED) is 0.183. The number of rotatable bonds is 7. The predicted molar refractivity (Wildman–Crippen MR) is 112 cm³/mol. The minimum atomic E-state index is -2.63. The molecule has 2 aromatic rings. The average Bonchev–Trinajstić information content (AvgIpc) is 3.14. The van der Waals surface area contributed by atoms with Gasteiger partial charge >= 0.3 is 29.6 Å². The number of hydrogen-bond acceptors (Lipinski definition) is 9. The van der Waals surface area contributed by atoms with Crippen LogP contribution in [0.25, 0.3) is 10.9 Å². The van der Waals surface area contributed by atoms with Crippen LogP contribution in [0.5, 0.6) is 5.75 Å². The van der Waals surface area contributed by atoms with Crippen LogP contribution in [0.4, 0.5) is 0 Å². The number of carboxylic acids is 1. The molecule has 1 aromatic carbocycles. The van der Waals surface area contributed by atoms with Crippen LogP contribution in [0.2, 0.25) is 5.02 Å². The van der Waals surface area contributed by atoms with Gasteiger partial charge in [0, 0.05) is 24.0 Å². The molecule has 0 aliphatic carbocycles. The second-order valence-electron chi connectivity index (χ2n) is 7.40. The van der Waals surface area contributed by atoms with Crippen LogP contribution in [0, 0.1) is 0 Å². The minimum absolute atomic E-state index is 0. The molecule has 2 heterocycles. The van der Waals surface area contributed by atoms with Crippen LogP contribution in [-0.4, -0.2) is 80.1 Å². The number of aliphatic hydroxyl groups is 4. The summed E-state index contributed by atoms with van der Waals surface area (Å²) in [4.78, 5) is 26.6. The van der Waals surface area contributed by atoms with Crippen LogP contribution >= 0.6 is 27.5 Å². The molecule has 33 heavy (non-hydrogen) atoms. The molecule has 0 radical (unpaired) electrons. The minimum Gasteiger partial charge on any atom is -0.543 e. The number of hydrogen-bond donors (Lipinski definition) is 6. The number of nitrogens with one attached hydrogen (secondary N) is 2. The van der Waals surface area contributed by atoms with Gasteiger partial charge in [-0.05, 0) is 28.1 Å². The Morgan fingerprint density at radius 1 is 1.45 bits per heavy atom. The molecule has 1 amide bonds. The summed E-state index contributed by atoms with van der Waals surface area (Å²) in [6.07, 6.45) is -6.30. The second kappa shape index (κ2) is 11.2. The summed E-state index contributed by atoms with van der Waals surface area (Å²) in [6, 6.07) is 2.01. The van der Waals surface area contributed by atoms with Gasteiger partial charge in [0.15, 0.2) is 0 Å². The number of aliphatic carboxylic acids is 1. The van der Waals surface area contributed by atoms with E-state index in [0.717, 1.165) is 6.92 Å². The van der Waals surface area contributed by atoms with Crippen molar-refractivity contribution in [3.63, 3.8) is 0 Å². The van der Waals surface area contributed by atoms with Crippen LogP contribution in [-0.2, 0) is 14.3 Å². The van der Waals surface area contributed by atoms with Crippen LogP contribution in [0.1, 0.15) is 13.3 Å². The maximum atomic E-state index is 12.2. The van der Waals surface area contributed by atoms with Crippen LogP contribution in [0.15, 0.2) is 22.8 Å². The third-order valence-electron chi connectivity index (χ3n) is 5.15. The van der Waals surface area contributed by atoms with E-state index < -0.39 is 61.1 Å². The Bertz CT molecular complexity index is 1020. The second-order valence-corrected chi connectivity index (χ2v) is 8.63. The van der Waals surface area contributed by atoms with E-state index in [1.54, 1.807) is 12.1 Å². The van der Waals surface area contributed by atoms with Crippen molar-refractivity contribution in [2.75, 3.05) is 6.61 Å². The fourth-order valence-corrected chi connectivity index (χ4v) is 4.20. The maximum absolute atomic E-state index is 12.2. The van der Waals surface area contributed by atoms with Crippen molar-refractivity contribution in [2.45, 2.75) is 49.6 Å². The van der Waals surface area contributed by atoms with Gasteiger partial charge < -0.3 is 50.1 Å². The molecule has 3 rings (SSSR count). The predicted octanol–water partition coefficient (Wildman–Crippen LogP) is -4.22. The van der Waals surface area contributed by atoms with E-state index in [-0.39, 0.29) is 40.3 Å². The summed E-state index contributed by atoms with van der Waals surface area (Å²) in [7, 11) is 0. The first-order chi connectivity index (χ1) is 15.0. The molecule has 1 aliphatic heterocycles. The van der Waals surface area contributed by atoms with Gasteiger partial charge in [-0.25, -0.2) is 0 Å². The molecule has 11 nitrogen and oxygen atoms in total. The van der Waals surface area contributed by atoms with Crippen LogP contribution in [0.3, 0.4) is 0 Å². The van der Waals surface area contributed by atoms with Crippen molar-refractivity contribution in [3.8, 4) is 5.75 Å². The third kappa shape index (κ3) is 5.67. The normalized spacial score (nSPS) is 26.8. The topological polar surface area (TPSA) is 184 Å². The number of aromatic nitrogens is 1. The van der Waals surface area contributed by atoms with Crippen LogP contribution < -0.4 is 44.7 Å². The Kier molecular flexibility index (Phi) is 9.61. The van der Waals surface area contributed by atoms with Gasteiger partial charge in [-0.2, -0.15) is 0 Å². The van der Waals surface area contributed by atoms with E-state index in [2.05, 4.69) is 26.2 Å². The Labute approximate surface area is 223 Å². The smallest absolute Gasteiger partial charge is 0.543 e. The molecule has 0 saturated carbocycles. The molecule has 176 valence electrons. The van der Waals surface area contributed by atoms with E-state index in [9.17, 15) is 35.1 Å². The molecule has 1 aliphatic rings. The molecule has 0 bridgehead atoms. The summed E-state index contributed by atoms with van der Waals surface area (Å²) in [5, 5.41) is 55.2. The molecule has 1 aromatic heterocycles. The Hall–Kier alpha value is -0.930. The zero-order chi connectivity index (χ0) is 23.8. The SMILES string of the molecule is CC(=O)NC1C(O)CC(Oc2c[nH]c3ccc(Br)c(Cl)c23)(C(=O)[O-])OC1[C@H](O)[C@H](O)CO.[Na+]. The number of fused-ring (bicyclic) bond motifs is 1. The van der Waals surface area contributed by atoms with Gasteiger partial charge in [0.05, 0.1) is 34.7 Å². The zero-order valence-electron chi connectivity index (χ0n) is 17.6. The molecule has 14 heteroatoms. The number of benzene rings is 1. The van der Waals surface area contributed by atoms with E-state index in [1.165, 1.54) is 6.20 Å². The number of carboxylic acid groups (broad SMARTS) is 1. The number of aromatic amines is 1. The van der Waals surface area contributed by atoms with Gasteiger partial charge in [0.25, 0.3) is 5.79 Å². The van der Waals surface area contributed by atoms with E-state index >= 15 is 0 Å². The van der Waals surface area contributed by atoms with Gasteiger partial charge in [-0.3, -0.25) is 4.79 Å². The molecule has 0 spiro atoms. The fraction of sp³-hybridized carbons (Fsp3) is 0.474. The average molecular weight is 560 g/mol. The number of halogens is 2. The number of aliphatic hydroxyl groups excluding tert-OH is 4. The summed E-state index contributed by atoms with van der Waals surface area (Å²) in [5.74, 6) is -5.16. The van der Waals surface area contributed by atoms with Gasteiger partial charge in [0.2, 0.25) is 5.91 Å². The van der Waals surface area contributed by atoms with Crippen molar-refractivity contribution >= 4 is 50.3 Å². The standard InChI is InChI=1S/C19H22BrClN2O9.Na/c1-7(25)23-15-10(26)4-19(18(29)30,32-17(15)16(28)11(27)6-24)31-12-5-22-9-3-2-8(20)14(21)13(9)12;/h2-3,5,10-11,15-17,22,24,26-28H,4,6H2,1H3,(H,23,25)(H,29,30);/q;+1/p-1/t10?,11-,15?,16-,17?,19?;/m1./s1. The first kappa shape index (κ1) is 28.3. The maximum Gasteiger partial charge on any atom is 1.00 e. The monoisotopic (exact) mass is 558 g/mol. The number of H-pyrrole nitrogens is 1. The van der Waals surface area contributed by atoms with E-state index in [0.29, 0.717) is 15.4 Å². The largest absolute Gasteiger partial charge is 1.00 e. The molecule has 6 N–H and O–H groups in total. The molecular weight excluding hydrogens is 539 g/mol. The van der Waals surface area contributed by atoms with Gasteiger partial charge in [-0.1, -0.05) is 11.6 Å². The van der Waals surface area contributed by atoms with Gasteiger partial charge in [-0.15, -0.1) is 0 Å².